The number of hydrogen-bond donors (Lipinski definition) is 0. The highest BCUT2D eigenvalue weighted by molar-refractivity contribution is 7.90. The molecule has 0 aromatic carbocycles. The number of carbonyl (C=O) groups excluding carboxylic acids is 1. The van der Waals surface area contributed by atoms with Gasteiger partial charge in [0.2, 0.25) is 15.9 Å². The van der Waals surface area contributed by atoms with Crippen molar-refractivity contribution in [2.24, 2.45) is 28.6 Å². The normalized spacial score (nSPS) is 38.4. The number of nitrogens with zero attached hydrogens (tertiary/aromatic N) is 1. The van der Waals surface area contributed by atoms with Crippen molar-refractivity contribution in [3.8, 4) is 11.5 Å². The zero-order valence-electron chi connectivity index (χ0n) is 19.3. The maximum Gasteiger partial charge on any atom is 0.243 e. The molecule has 166 valence electrons. The van der Waals surface area contributed by atoms with Crippen LogP contribution in [0.1, 0.15) is 58.8 Å². The Morgan fingerprint density at radius 1 is 1.27 bits per heavy atom. The van der Waals surface area contributed by atoms with Crippen LogP contribution in [-0.4, -0.2) is 38.5 Å². The average molecular weight is 448 g/mol. The van der Waals surface area contributed by atoms with Gasteiger partial charge in [-0.05, 0) is 55.8 Å². The van der Waals surface area contributed by atoms with E-state index in [9.17, 15) is 13.2 Å². The van der Waals surface area contributed by atoms with Gasteiger partial charge in [-0.3, -0.25) is 4.79 Å². The lowest BCUT2D eigenvalue weighted by Crippen LogP contribution is -2.47. The molecule has 4 fully saturated rings. The molecule has 3 saturated carbocycles. The molecule has 1 heterocycles. The van der Waals surface area contributed by atoms with Gasteiger partial charge in [-0.1, -0.05) is 45.6 Å². The molecule has 6 heteroatoms. The third-order valence-corrected chi connectivity index (χ3v) is 11.6. The topological polar surface area (TPSA) is 54.5 Å². The van der Waals surface area contributed by atoms with E-state index in [1.54, 1.807) is 0 Å². The molecule has 5 atom stereocenters. The van der Waals surface area contributed by atoms with E-state index in [2.05, 4.69) is 51.5 Å². The van der Waals surface area contributed by atoms with Gasteiger partial charge in [0.25, 0.3) is 0 Å². The minimum Gasteiger partial charge on any atom is -0.273 e. The molecule has 1 spiro atoms. The fourth-order valence-corrected chi connectivity index (χ4v) is 10.2. The summed E-state index contributed by atoms with van der Waals surface area (Å²) in [5, 5.41) is 0. The molecule has 0 aromatic heterocycles. The van der Waals surface area contributed by atoms with Crippen LogP contribution < -0.4 is 0 Å². The second-order valence-electron chi connectivity index (χ2n) is 11.8. The van der Waals surface area contributed by atoms with Crippen molar-refractivity contribution >= 4 is 24.0 Å². The van der Waals surface area contributed by atoms with Crippen LogP contribution in [0.15, 0.2) is 12.2 Å². The van der Waals surface area contributed by atoms with Crippen LogP contribution in [0.4, 0.5) is 0 Å². The van der Waals surface area contributed by atoms with Gasteiger partial charge in [0.1, 0.15) is 8.07 Å². The summed E-state index contributed by atoms with van der Waals surface area (Å²) in [6.45, 7) is 15.3. The smallest absolute Gasteiger partial charge is 0.243 e. The Bertz CT molecular complexity index is 936. The standard InChI is InChI=1S/C24H37NO3SSi/c1-17-10-11-18(9-7-8-14-30(4,5)6)21(17)22(26)25-20-15-19-12-13-24(20,23(19,2)3)16-29(25,27)28/h18-21H,1,7,9-13,15-16H2,2-6H3/t18-,19+,20+,21-,24+/m0/s1. The first-order chi connectivity index (χ1) is 13.8. The third-order valence-electron chi connectivity index (χ3n) is 8.75. The first-order valence-corrected chi connectivity index (χ1v) is 16.6. The molecule has 4 rings (SSSR count). The Balaban J connectivity index is 1.57. The highest BCUT2D eigenvalue weighted by atomic mass is 32.2. The van der Waals surface area contributed by atoms with E-state index in [4.69, 9.17) is 0 Å². The third kappa shape index (κ3) is 3.23. The van der Waals surface area contributed by atoms with E-state index in [0.717, 1.165) is 50.5 Å². The van der Waals surface area contributed by atoms with Gasteiger partial charge in [-0.25, -0.2) is 12.7 Å². The number of amides is 1. The molecule has 1 saturated heterocycles. The molecule has 0 N–H and O–H groups in total. The fourth-order valence-electron chi connectivity index (χ4n) is 7.01. The lowest BCUT2D eigenvalue weighted by atomic mass is 9.69. The van der Waals surface area contributed by atoms with E-state index in [-0.39, 0.29) is 40.4 Å². The Labute approximate surface area is 183 Å². The van der Waals surface area contributed by atoms with Crippen molar-refractivity contribution in [3.05, 3.63) is 12.2 Å². The van der Waals surface area contributed by atoms with E-state index in [0.29, 0.717) is 5.92 Å². The van der Waals surface area contributed by atoms with Crippen LogP contribution in [0, 0.1) is 40.0 Å². The minimum atomic E-state index is -3.57. The van der Waals surface area contributed by atoms with E-state index in [1.807, 2.05) is 0 Å². The van der Waals surface area contributed by atoms with Crippen molar-refractivity contribution in [1.29, 1.82) is 0 Å². The summed E-state index contributed by atoms with van der Waals surface area (Å²) in [5.74, 6) is 3.61. The summed E-state index contributed by atoms with van der Waals surface area (Å²) >= 11 is 0. The Hall–Kier alpha value is -1.06. The minimum absolute atomic E-state index is 0.0156. The predicted octanol–water partition coefficient (Wildman–Crippen LogP) is 4.60. The highest BCUT2D eigenvalue weighted by Crippen LogP contribution is 2.70. The summed E-state index contributed by atoms with van der Waals surface area (Å²) < 4.78 is 27.9. The van der Waals surface area contributed by atoms with Gasteiger partial charge < -0.3 is 0 Å². The van der Waals surface area contributed by atoms with Crippen LogP contribution >= 0.6 is 0 Å². The molecule has 2 bridgehead atoms. The highest BCUT2D eigenvalue weighted by Gasteiger charge is 2.72. The Morgan fingerprint density at radius 2 is 1.97 bits per heavy atom. The maximum absolute atomic E-state index is 13.8. The molecule has 4 aliphatic rings. The summed E-state index contributed by atoms with van der Waals surface area (Å²) in [6.07, 6.45) is 6.23. The first kappa shape index (κ1) is 22.1. The molecule has 4 nitrogen and oxygen atoms in total. The molecule has 3 aliphatic carbocycles. The van der Waals surface area contributed by atoms with Gasteiger partial charge in [-0.15, -0.1) is 11.5 Å². The van der Waals surface area contributed by atoms with Crippen molar-refractivity contribution in [2.45, 2.75) is 84.5 Å². The number of fused-ring (bicyclic) bond motifs is 1. The van der Waals surface area contributed by atoms with Crippen molar-refractivity contribution in [1.82, 2.24) is 4.31 Å². The largest absolute Gasteiger partial charge is 0.273 e. The molecular weight excluding hydrogens is 410 g/mol. The van der Waals surface area contributed by atoms with Gasteiger partial charge >= 0.3 is 0 Å². The van der Waals surface area contributed by atoms with Gasteiger partial charge in [0.15, 0.2) is 0 Å². The lowest BCUT2D eigenvalue weighted by Gasteiger charge is -2.37. The molecule has 0 aromatic rings. The Kier molecular flexibility index (Phi) is 5.14. The SMILES string of the molecule is C=C1CC[C@H](CCC#C[Si](C)(C)C)[C@H]1C(=O)N1[C@@H]2C[C@H]3CC[C@]2(CS1(=O)=O)C3(C)C. The van der Waals surface area contributed by atoms with E-state index in [1.165, 1.54) is 4.31 Å². The van der Waals surface area contributed by atoms with Crippen LogP contribution in [-0.2, 0) is 14.8 Å². The van der Waals surface area contributed by atoms with E-state index < -0.39 is 18.1 Å². The van der Waals surface area contributed by atoms with Gasteiger partial charge in [-0.2, -0.15) is 0 Å². The predicted molar refractivity (Wildman–Crippen MR) is 124 cm³/mol. The molecule has 1 aliphatic heterocycles. The van der Waals surface area contributed by atoms with Crippen LogP contribution in [0.25, 0.3) is 0 Å². The zero-order valence-corrected chi connectivity index (χ0v) is 21.1. The first-order valence-electron chi connectivity index (χ1n) is 11.5. The fraction of sp³-hybridized carbons (Fsp3) is 0.792. The quantitative estimate of drug-likeness (QED) is 0.361. The number of carbonyl (C=O) groups is 1. The van der Waals surface area contributed by atoms with Crippen LogP contribution in [0.2, 0.25) is 19.6 Å². The van der Waals surface area contributed by atoms with Crippen molar-refractivity contribution in [3.63, 3.8) is 0 Å². The number of rotatable bonds is 3. The second-order valence-corrected chi connectivity index (χ2v) is 18.4. The summed E-state index contributed by atoms with van der Waals surface area (Å²) in [7, 11) is -4.97. The molecule has 1 amide bonds. The van der Waals surface area contributed by atoms with Gasteiger partial charge in [0, 0.05) is 11.8 Å². The Morgan fingerprint density at radius 3 is 2.60 bits per heavy atom. The molecule has 0 unspecified atom stereocenters. The molecule has 0 radical (unpaired) electrons. The van der Waals surface area contributed by atoms with Gasteiger partial charge in [0.05, 0.1) is 17.7 Å². The maximum atomic E-state index is 13.8. The van der Waals surface area contributed by atoms with Crippen LogP contribution in [0.5, 0.6) is 0 Å². The van der Waals surface area contributed by atoms with Crippen LogP contribution in [0.3, 0.4) is 0 Å². The van der Waals surface area contributed by atoms with Crippen molar-refractivity contribution < 1.29 is 13.2 Å². The average Bonchev–Trinajstić information content (AvgIpc) is 3.23. The molecule has 30 heavy (non-hydrogen) atoms. The monoisotopic (exact) mass is 447 g/mol. The summed E-state index contributed by atoms with van der Waals surface area (Å²) in [5.41, 5.74) is 4.04. The number of sulfonamides is 1. The lowest BCUT2D eigenvalue weighted by molar-refractivity contribution is -0.133. The van der Waals surface area contributed by atoms with E-state index >= 15 is 0 Å². The summed E-state index contributed by atoms with van der Waals surface area (Å²) in [6, 6.07) is -0.149. The molecular formula is C24H37NO3SSi. The zero-order chi connectivity index (χ0) is 22.1. The van der Waals surface area contributed by atoms with Crippen molar-refractivity contribution in [2.75, 3.05) is 5.75 Å². The summed E-state index contributed by atoms with van der Waals surface area (Å²) in [4.78, 5) is 13.8. The number of hydrogen-bond acceptors (Lipinski definition) is 3. The second kappa shape index (κ2) is 6.97.